The normalized spacial score (nSPS) is 12.2. The first kappa shape index (κ1) is 20.4. The summed E-state index contributed by atoms with van der Waals surface area (Å²) in [5.41, 5.74) is 0.0183. The van der Waals surface area contributed by atoms with E-state index >= 15 is 0 Å². The molecule has 3 aromatic rings. The van der Waals surface area contributed by atoms with E-state index in [0.29, 0.717) is 48.4 Å². The van der Waals surface area contributed by atoms with Crippen LogP contribution in [0.4, 0.5) is 13.2 Å². The van der Waals surface area contributed by atoms with Crippen molar-refractivity contribution in [2.45, 2.75) is 26.1 Å². The fraction of sp³-hybridized carbons (Fsp3) is 0.316. The highest BCUT2D eigenvalue weighted by molar-refractivity contribution is 5.79. The maximum atomic E-state index is 12.6. The molecule has 0 unspecified atom stereocenters. The van der Waals surface area contributed by atoms with Crippen molar-refractivity contribution in [3.63, 3.8) is 0 Å². The van der Waals surface area contributed by atoms with E-state index in [4.69, 9.17) is 4.42 Å². The van der Waals surface area contributed by atoms with Crippen LogP contribution in [0.3, 0.4) is 0 Å². The molecule has 0 amide bonds. The van der Waals surface area contributed by atoms with E-state index in [1.807, 2.05) is 6.92 Å². The summed E-state index contributed by atoms with van der Waals surface area (Å²) in [5, 5.41) is 13.2. The van der Waals surface area contributed by atoms with Crippen LogP contribution in [0.25, 0.3) is 11.6 Å². The second-order valence-corrected chi connectivity index (χ2v) is 6.15. The molecule has 154 valence electrons. The van der Waals surface area contributed by atoms with Crippen molar-refractivity contribution in [2.75, 3.05) is 13.1 Å². The van der Waals surface area contributed by atoms with E-state index in [-0.39, 0.29) is 6.54 Å². The minimum absolute atomic E-state index is 0.262. The maximum Gasteiger partial charge on any atom is 0.416 e. The maximum absolute atomic E-state index is 12.6. The van der Waals surface area contributed by atoms with E-state index in [0.717, 1.165) is 12.1 Å². The predicted molar refractivity (Wildman–Crippen MR) is 102 cm³/mol. The molecule has 29 heavy (non-hydrogen) atoms. The Morgan fingerprint density at radius 1 is 1.17 bits per heavy atom. The van der Waals surface area contributed by atoms with Gasteiger partial charge in [0.25, 0.3) is 0 Å². The van der Waals surface area contributed by atoms with Gasteiger partial charge >= 0.3 is 6.18 Å². The predicted octanol–water partition coefficient (Wildman–Crippen LogP) is 3.38. The molecule has 3 N–H and O–H groups in total. The molecule has 0 bridgehead atoms. The summed E-state index contributed by atoms with van der Waals surface area (Å²) >= 11 is 0. The lowest BCUT2D eigenvalue weighted by atomic mass is 10.1. The lowest BCUT2D eigenvalue weighted by Crippen LogP contribution is -2.38. The molecule has 0 spiro atoms. The fourth-order valence-corrected chi connectivity index (χ4v) is 2.53. The number of hydrogen-bond acceptors (Lipinski definition) is 4. The van der Waals surface area contributed by atoms with Gasteiger partial charge < -0.3 is 15.1 Å². The number of H-pyrrole nitrogens is 1. The van der Waals surface area contributed by atoms with Crippen molar-refractivity contribution >= 4 is 5.96 Å². The Morgan fingerprint density at radius 3 is 2.62 bits per heavy atom. The van der Waals surface area contributed by atoms with Crippen molar-refractivity contribution in [3.05, 3.63) is 59.6 Å². The van der Waals surface area contributed by atoms with Gasteiger partial charge in [0.05, 0.1) is 18.4 Å². The third-order valence-electron chi connectivity index (χ3n) is 3.97. The summed E-state index contributed by atoms with van der Waals surface area (Å²) in [6.07, 6.45) is -2.20. The van der Waals surface area contributed by atoms with Gasteiger partial charge in [-0.15, -0.1) is 0 Å². The largest absolute Gasteiger partial charge is 0.461 e. The lowest BCUT2D eigenvalue weighted by Gasteiger charge is -2.11. The van der Waals surface area contributed by atoms with Crippen LogP contribution in [0.1, 0.15) is 23.9 Å². The van der Waals surface area contributed by atoms with Gasteiger partial charge in [0.2, 0.25) is 5.82 Å². The molecule has 7 nitrogen and oxygen atoms in total. The first-order valence-corrected chi connectivity index (χ1v) is 9.09. The zero-order valence-electron chi connectivity index (χ0n) is 15.8. The van der Waals surface area contributed by atoms with Crippen molar-refractivity contribution in [1.82, 2.24) is 25.8 Å². The highest BCUT2D eigenvalue weighted by Crippen LogP contribution is 2.29. The molecule has 3 rings (SSSR count). The Kier molecular flexibility index (Phi) is 6.53. The van der Waals surface area contributed by atoms with Gasteiger partial charge in [-0.25, -0.2) is 9.98 Å². The average Bonchev–Trinajstić information content (AvgIpc) is 3.37. The highest BCUT2D eigenvalue weighted by atomic mass is 19.4. The van der Waals surface area contributed by atoms with Crippen LogP contribution >= 0.6 is 0 Å². The molecule has 0 radical (unpaired) electrons. The minimum atomic E-state index is -4.34. The van der Waals surface area contributed by atoms with E-state index in [9.17, 15) is 13.2 Å². The minimum Gasteiger partial charge on any atom is -0.461 e. The lowest BCUT2D eigenvalue weighted by molar-refractivity contribution is -0.137. The molecule has 2 heterocycles. The average molecular weight is 406 g/mol. The highest BCUT2D eigenvalue weighted by Gasteiger charge is 2.29. The number of nitrogens with zero attached hydrogens (tertiary/aromatic N) is 3. The van der Waals surface area contributed by atoms with Crippen LogP contribution in [0, 0.1) is 0 Å². The van der Waals surface area contributed by atoms with Crippen LogP contribution in [-0.2, 0) is 19.1 Å². The number of nitrogens with one attached hydrogen (secondary N) is 3. The van der Waals surface area contributed by atoms with Gasteiger partial charge in [-0.1, -0.05) is 12.1 Å². The molecule has 0 atom stereocenters. The third-order valence-corrected chi connectivity index (χ3v) is 3.97. The SMILES string of the molecule is CCNC(=NCc1ccc(C(F)(F)F)cc1)NCCc1nc(-c2ccco2)n[nH]1. The van der Waals surface area contributed by atoms with E-state index in [2.05, 4.69) is 30.8 Å². The Morgan fingerprint density at radius 2 is 1.97 bits per heavy atom. The van der Waals surface area contributed by atoms with Gasteiger partial charge in [-0.2, -0.15) is 18.3 Å². The Hall–Kier alpha value is -3.30. The summed E-state index contributed by atoms with van der Waals surface area (Å²) in [6.45, 7) is 3.40. The second kappa shape index (κ2) is 9.26. The molecular formula is C19H21F3N6O. The van der Waals surface area contributed by atoms with Gasteiger partial charge in [-0.3, -0.25) is 5.10 Å². The van der Waals surface area contributed by atoms with Crippen molar-refractivity contribution in [1.29, 1.82) is 0 Å². The first-order chi connectivity index (χ1) is 14.0. The molecule has 0 aliphatic carbocycles. The number of furan rings is 1. The smallest absolute Gasteiger partial charge is 0.416 e. The summed E-state index contributed by atoms with van der Waals surface area (Å²) in [6, 6.07) is 8.53. The summed E-state index contributed by atoms with van der Waals surface area (Å²) in [4.78, 5) is 8.77. The number of benzene rings is 1. The van der Waals surface area contributed by atoms with Gasteiger partial charge in [0, 0.05) is 19.5 Å². The Balaban J connectivity index is 1.53. The molecule has 1 aromatic carbocycles. The number of alkyl halides is 3. The molecule has 0 saturated carbocycles. The van der Waals surface area contributed by atoms with Crippen molar-refractivity contribution in [3.8, 4) is 11.6 Å². The molecule has 0 aliphatic heterocycles. The van der Waals surface area contributed by atoms with Gasteiger partial charge in [0.1, 0.15) is 5.82 Å². The Labute approximate surface area is 165 Å². The molecule has 10 heteroatoms. The first-order valence-electron chi connectivity index (χ1n) is 9.09. The van der Waals surface area contributed by atoms with Crippen molar-refractivity contribution < 1.29 is 17.6 Å². The van der Waals surface area contributed by atoms with Crippen LogP contribution in [-0.4, -0.2) is 34.2 Å². The number of guanidine groups is 1. The fourth-order valence-electron chi connectivity index (χ4n) is 2.53. The van der Waals surface area contributed by atoms with Crippen LogP contribution in [0.5, 0.6) is 0 Å². The Bertz CT molecular complexity index is 916. The number of aliphatic imine (C=N–C) groups is 1. The van der Waals surface area contributed by atoms with Crippen molar-refractivity contribution in [2.24, 2.45) is 4.99 Å². The van der Waals surface area contributed by atoms with Crippen LogP contribution < -0.4 is 10.6 Å². The summed E-state index contributed by atoms with van der Waals surface area (Å²) in [5.74, 6) is 2.35. The van der Waals surface area contributed by atoms with E-state index in [1.165, 1.54) is 12.1 Å². The van der Waals surface area contributed by atoms with E-state index in [1.54, 1.807) is 18.4 Å². The molecule has 0 fully saturated rings. The molecule has 2 aromatic heterocycles. The van der Waals surface area contributed by atoms with Crippen LogP contribution in [0.2, 0.25) is 0 Å². The number of aromatic amines is 1. The number of halogens is 3. The zero-order chi connectivity index (χ0) is 20.7. The zero-order valence-corrected chi connectivity index (χ0v) is 15.8. The topological polar surface area (TPSA) is 91.1 Å². The number of hydrogen-bond donors (Lipinski definition) is 3. The molecular weight excluding hydrogens is 385 g/mol. The standard InChI is InChI=1S/C19H21F3N6O/c1-2-23-18(25-12-13-5-7-14(8-6-13)19(20,21)22)24-10-9-16-26-17(28-27-16)15-4-3-11-29-15/h3-8,11H,2,9-10,12H2,1H3,(H2,23,24,25)(H,26,27,28). The molecule has 0 aliphatic rings. The quantitative estimate of drug-likeness (QED) is 0.413. The van der Waals surface area contributed by atoms with Crippen LogP contribution in [0.15, 0.2) is 52.1 Å². The summed E-state index contributed by atoms with van der Waals surface area (Å²) < 4.78 is 43.1. The number of rotatable bonds is 7. The summed E-state index contributed by atoms with van der Waals surface area (Å²) in [7, 11) is 0. The third kappa shape index (κ3) is 5.84. The second-order valence-electron chi connectivity index (χ2n) is 6.15. The monoisotopic (exact) mass is 406 g/mol. The number of aromatic nitrogens is 3. The van der Waals surface area contributed by atoms with E-state index < -0.39 is 11.7 Å². The molecule has 0 saturated heterocycles. The van der Waals surface area contributed by atoms with Gasteiger partial charge in [0.15, 0.2) is 11.7 Å². The van der Waals surface area contributed by atoms with Gasteiger partial charge in [-0.05, 0) is 36.8 Å².